The van der Waals surface area contributed by atoms with Crippen LogP contribution >= 0.6 is 11.8 Å². The van der Waals surface area contributed by atoms with E-state index in [1.54, 1.807) is 11.8 Å². The van der Waals surface area contributed by atoms with Crippen molar-refractivity contribution in [2.75, 3.05) is 22.9 Å². The molecule has 3 rings (SSSR count). The third-order valence-electron chi connectivity index (χ3n) is 3.36. The van der Waals surface area contributed by atoms with Gasteiger partial charge in [-0.2, -0.15) is 0 Å². The zero-order valence-corrected chi connectivity index (χ0v) is 12.1. The maximum atomic E-state index is 12.7. The predicted molar refractivity (Wildman–Crippen MR) is 84.4 cm³/mol. The van der Waals surface area contributed by atoms with E-state index in [9.17, 15) is 4.79 Å². The first-order valence-electron chi connectivity index (χ1n) is 6.56. The zero-order chi connectivity index (χ0) is 14.1. The summed E-state index contributed by atoms with van der Waals surface area (Å²) in [6.07, 6.45) is 0. The van der Waals surface area contributed by atoms with E-state index >= 15 is 0 Å². The molecule has 2 N–H and O–H groups in total. The van der Waals surface area contributed by atoms with Gasteiger partial charge in [-0.05, 0) is 37.3 Å². The van der Waals surface area contributed by atoms with E-state index in [0.29, 0.717) is 12.2 Å². The third-order valence-corrected chi connectivity index (χ3v) is 4.40. The molecule has 1 amide bonds. The van der Waals surface area contributed by atoms with Gasteiger partial charge in [0, 0.05) is 28.4 Å². The fraction of sp³-hybridized carbons (Fsp3) is 0.188. The molecule has 2 aromatic carbocycles. The summed E-state index contributed by atoms with van der Waals surface area (Å²) < 4.78 is 0. The van der Waals surface area contributed by atoms with E-state index in [1.165, 1.54) is 0 Å². The van der Waals surface area contributed by atoms with Crippen LogP contribution < -0.4 is 10.6 Å². The molecule has 0 bridgehead atoms. The fourth-order valence-electron chi connectivity index (χ4n) is 2.38. The molecule has 0 saturated carbocycles. The van der Waals surface area contributed by atoms with Crippen molar-refractivity contribution in [3.05, 3.63) is 53.6 Å². The number of nitrogen functional groups attached to an aromatic ring is 1. The monoisotopic (exact) mass is 284 g/mol. The van der Waals surface area contributed by atoms with Gasteiger partial charge in [0.15, 0.2) is 0 Å². The summed E-state index contributed by atoms with van der Waals surface area (Å²) in [5.41, 5.74) is 9.29. The molecule has 1 heterocycles. The van der Waals surface area contributed by atoms with Crippen LogP contribution in [0.1, 0.15) is 15.9 Å². The largest absolute Gasteiger partial charge is 0.399 e. The number of benzene rings is 2. The second-order valence-electron chi connectivity index (χ2n) is 4.90. The average Bonchev–Trinajstić information content (AvgIpc) is 2.46. The lowest BCUT2D eigenvalue weighted by molar-refractivity contribution is 0.0987. The maximum Gasteiger partial charge on any atom is 0.258 e. The molecule has 3 nitrogen and oxygen atoms in total. The number of carbonyl (C=O) groups is 1. The lowest BCUT2D eigenvalue weighted by atomic mass is 10.1. The predicted octanol–water partition coefficient (Wildman–Crippen LogP) is 3.33. The Hall–Kier alpha value is -1.94. The molecule has 0 aromatic heterocycles. The van der Waals surface area contributed by atoms with Gasteiger partial charge >= 0.3 is 0 Å². The fourth-order valence-corrected chi connectivity index (χ4v) is 3.35. The molecule has 1 aliphatic heterocycles. The number of aryl methyl sites for hydroxylation is 1. The van der Waals surface area contributed by atoms with Crippen LogP contribution in [0.5, 0.6) is 0 Å². The molecule has 20 heavy (non-hydrogen) atoms. The number of nitrogens with zero attached hydrogens (tertiary/aromatic N) is 1. The number of hydrogen-bond acceptors (Lipinski definition) is 3. The Balaban J connectivity index is 2.00. The number of anilines is 2. The van der Waals surface area contributed by atoms with Gasteiger partial charge in [-0.3, -0.25) is 4.79 Å². The van der Waals surface area contributed by atoms with Crippen molar-refractivity contribution in [1.29, 1.82) is 0 Å². The first-order chi connectivity index (χ1) is 9.65. The van der Waals surface area contributed by atoms with E-state index in [4.69, 9.17) is 5.73 Å². The van der Waals surface area contributed by atoms with Crippen molar-refractivity contribution >= 4 is 29.0 Å². The second kappa shape index (κ2) is 5.21. The van der Waals surface area contributed by atoms with Gasteiger partial charge < -0.3 is 10.6 Å². The Bertz CT molecular complexity index is 669. The maximum absolute atomic E-state index is 12.7. The number of amides is 1. The van der Waals surface area contributed by atoms with Crippen LogP contribution in [0.4, 0.5) is 11.4 Å². The minimum absolute atomic E-state index is 0.0425. The van der Waals surface area contributed by atoms with Crippen LogP contribution in [0.2, 0.25) is 0 Å². The van der Waals surface area contributed by atoms with Gasteiger partial charge in [0.25, 0.3) is 5.91 Å². The molecule has 0 saturated heterocycles. The second-order valence-corrected chi connectivity index (χ2v) is 6.04. The molecule has 4 heteroatoms. The summed E-state index contributed by atoms with van der Waals surface area (Å²) in [5.74, 6) is 0.954. The highest BCUT2D eigenvalue weighted by Gasteiger charge is 2.24. The van der Waals surface area contributed by atoms with Gasteiger partial charge in [0.05, 0.1) is 5.69 Å². The van der Waals surface area contributed by atoms with Crippen molar-refractivity contribution in [3.63, 3.8) is 0 Å². The topological polar surface area (TPSA) is 46.3 Å². The summed E-state index contributed by atoms with van der Waals surface area (Å²) in [7, 11) is 0. The van der Waals surface area contributed by atoms with Gasteiger partial charge in [-0.1, -0.05) is 17.7 Å². The lowest BCUT2D eigenvalue weighted by Gasteiger charge is -2.29. The van der Waals surface area contributed by atoms with Crippen molar-refractivity contribution in [2.24, 2.45) is 0 Å². The van der Waals surface area contributed by atoms with E-state index in [-0.39, 0.29) is 5.91 Å². The summed E-state index contributed by atoms with van der Waals surface area (Å²) in [6.45, 7) is 2.71. The lowest BCUT2D eigenvalue weighted by Crippen LogP contribution is -2.35. The normalized spacial score (nSPS) is 13.9. The van der Waals surface area contributed by atoms with Gasteiger partial charge in [-0.15, -0.1) is 11.8 Å². The van der Waals surface area contributed by atoms with Gasteiger partial charge in [-0.25, -0.2) is 0 Å². The SMILES string of the molecule is Cc1cccc(C(=O)N2CCSc3ccc(N)cc32)c1. The van der Waals surface area contributed by atoms with Crippen LogP contribution in [0, 0.1) is 6.92 Å². The molecular weight excluding hydrogens is 268 g/mol. The summed E-state index contributed by atoms with van der Waals surface area (Å²) >= 11 is 1.77. The molecule has 0 aliphatic carbocycles. The number of carbonyl (C=O) groups excluding carboxylic acids is 1. The quantitative estimate of drug-likeness (QED) is 0.817. The summed E-state index contributed by atoms with van der Waals surface area (Å²) in [5, 5.41) is 0. The van der Waals surface area contributed by atoms with Gasteiger partial charge in [0.1, 0.15) is 0 Å². The molecule has 0 atom stereocenters. The van der Waals surface area contributed by atoms with Crippen molar-refractivity contribution in [1.82, 2.24) is 0 Å². The van der Waals surface area contributed by atoms with E-state index < -0.39 is 0 Å². The molecule has 102 valence electrons. The number of hydrogen-bond donors (Lipinski definition) is 1. The molecule has 0 fully saturated rings. The van der Waals surface area contributed by atoms with Gasteiger partial charge in [0.2, 0.25) is 0 Å². The standard InChI is InChI=1S/C16H16N2OS/c1-11-3-2-4-12(9-11)16(19)18-7-8-20-15-6-5-13(17)10-14(15)18/h2-6,9-10H,7-8,17H2,1H3. The highest BCUT2D eigenvalue weighted by Crippen LogP contribution is 2.36. The van der Waals surface area contributed by atoms with Crippen molar-refractivity contribution in [2.45, 2.75) is 11.8 Å². The first-order valence-corrected chi connectivity index (χ1v) is 7.54. The minimum atomic E-state index is 0.0425. The first kappa shape index (κ1) is 13.1. The average molecular weight is 284 g/mol. The Morgan fingerprint density at radius 1 is 1.25 bits per heavy atom. The number of fused-ring (bicyclic) bond motifs is 1. The molecular formula is C16H16N2OS. The van der Waals surface area contributed by atoms with Crippen molar-refractivity contribution in [3.8, 4) is 0 Å². The molecule has 2 aromatic rings. The smallest absolute Gasteiger partial charge is 0.258 e. The van der Waals surface area contributed by atoms with Crippen LogP contribution in [0.25, 0.3) is 0 Å². The Kier molecular flexibility index (Phi) is 3.40. The number of thioether (sulfide) groups is 1. The molecule has 0 spiro atoms. The van der Waals surface area contributed by atoms with E-state index in [0.717, 1.165) is 27.5 Å². The van der Waals surface area contributed by atoms with Crippen LogP contribution in [-0.4, -0.2) is 18.2 Å². The Morgan fingerprint density at radius 2 is 2.10 bits per heavy atom. The van der Waals surface area contributed by atoms with E-state index in [2.05, 4.69) is 0 Å². The highest BCUT2D eigenvalue weighted by atomic mass is 32.2. The van der Waals surface area contributed by atoms with Crippen LogP contribution in [0.15, 0.2) is 47.4 Å². The molecule has 0 radical (unpaired) electrons. The number of rotatable bonds is 1. The summed E-state index contributed by atoms with van der Waals surface area (Å²) in [4.78, 5) is 15.6. The Labute approximate surface area is 122 Å². The minimum Gasteiger partial charge on any atom is -0.399 e. The van der Waals surface area contributed by atoms with Crippen molar-refractivity contribution < 1.29 is 4.79 Å². The van der Waals surface area contributed by atoms with E-state index in [1.807, 2.05) is 54.3 Å². The highest BCUT2D eigenvalue weighted by molar-refractivity contribution is 7.99. The van der Waals surface area contributed by atoms with Crippen LogP contribution in [-0.2, 0) is 0 Å². The molecule has 1 aliphatic rings. The van der Waals surface area contributed by atoms with Crippen LogP contribution in [0.3, 0.4) is 0 Å². The Morgan fingerprint density at radius 3 is 2.90 bits per heavy atom. The third kappa shape index (κ3) is 2.39. The zero-order valence-electron chi connectivity index (χ0n) is 11.3. The number of nitrogens with two attached hydrogens (primary N) is 1. The molecule has 0 unspecified atom stereocenters. The summed E-state index contributed by atoms with van der Waals surface area (Å²) in [6, 6.07) is 13.5.